The van der Waals surface area contributed by atoms with Crippen LogP contribution in [0.4, 0.5) is 0 Å². The molecule has 0 amide bonds. The Hall–Kier alpha value is 0.560. The van der Waals surface area contributed by atoms with Gasteiger partial charge in [-0.05, 0) is 68.1 Å². The van der Waals surface area contributed by atoms with E-state index in [0.717, 1.165) is 0 Å². The number of hydrogen-bond acceptors (Lipinski definition) is 3. The van der Waals surface area contributed by atoms with Gasteiger partial charge < -0.3 is 0 Å². The average molecular weight is 500 g/mol. The van der Waals surface area contributed by atoms with E-state index in [0.29, 0.717) is 0 Å². The van der Waals surface area contributed by atoms with Crippen molar-refractivity contribution in [1.29, 1.82) is 0 Å². The molecular formula is C12H6I2S3. The van der Waals surface area contributed by atoms with Crippen molar-refractivity contribution < 1.29 is 0 Å². The Bertz CT molecular complexity index is 621. The summed E-state index contributed by atoms with van der Waals surface area (Å²) in [5.41, 5.74) is 1.41. The Balaban J connectivity index is 2.26. The fourth-order valence-electron chi connectivity index (χ4n) is 1.61. The Morgan fingerprint density at radius 3 is 2.12 bits per heavy atom. The van der Waals surface area contributed by atoms with Crippen molar-refractivity contribution in [1.82, 2.24) is 0 Å². The third-order valence-electron chi connectivity index (χ3n) is 2.32. The van der Waals surface area contributed by atoms with E-state index in [4.69, 9.17) is 0 Å². The monoisotopic (exact) mass is 500 g/mol. The third-order valence-corrected chi connectivity index (χ3v) is 8.92. The van der Waals surface area contributed by atoms with Crippen LogP contribution < -0.4 is 0 Å². The molecular weight excluding hydrogens is 494 g/mol. The van der Waals surface area contributed by atoms with Crippen molar-refractivity contribution in [2.24, 2.45) is 0 Å². The second-order valence-corrected chi connectivity index (χ2v) is 9.15. The van der Waals surface area contributed by atoms with Crippen LogP contribution in [0.15, 0.2) is 35.0 Å². The number of halogens is 2. The molecule has 0 nitrogen and oxygen atoms in total. The molecule has 0 spiro atoms. The third kappa shape index (κ3) is 2.36. The van der Waals surface area contributed by atoms with Gasteiger partial charge in [0.05, 0.1) is 7.76 Å². The number of hydrogen-bond donors (Lipinski definition) is 0. The van der Waals surface area contributed by atoms with E-state index in [1.54, 1.807) is 0 Å². The van der Waals surface area contributed by atoms with Crippen molar-refractivity contribution in [3.63, 3.8) is 0 Å². The Labute approximate surface area is 139 Å². The largest absolute Gasteiger partial charge is 0.144 e. The maximum atomic E-state index is 2.47. The summed E-state index contributed by atoms with van der Waals surface area (Å²) in [6.07, 6.45) is 0. The van der Waals surface area contributed by atoms with Crippen LogP contribution >= 0.6 is 79.2 Å². The first-order valence-corrected chi connectivity index (χ1v) is 9.56. The maximum Gasteiger partial charge on any atom is 0.0800 e. The Kier molecular flexibility index (Phi) is 3.91. The zero-order valence-electron chi connectivity index (χ0n) is 8.44. The van der Waals surface area contributed by atoms with Gasteiger partial charge in [0.1, 0.15) is 0 Å². The summed E-state index contributed by atoms with van der Waals surface area (Å²) in [6, 6.07) is 8.66. The Morgan fingerprint density at radius 1 is 0.882 bits per heavy atom. The first kappa shape index (κ1) is 12.6. The molecule has 17 heavy (non-hydrogen) atoms. The molecule has 0 aromatic carbocycles. The van der Waals surface area contributed by atoms with Crippen molar-refractivity contribution >= 4 is 79.2 Å². The molecule has 0 atom stereocenters. The lowest BCUT2D eigenvalue weighted by atomic mass is 10.2. The number of thiophene rings is 3. The van der Waals surface area contributed by atoms with Gasteiger partial charge in [-0.15, -0.1) is 34.0 Å². The van der Waals surface area contributed by atoms with E-state index in [1.165, 1.54) is 26.6 Å². The van der Waals surface area contributed by atoms with Gasteiger partial charge in [-0.2, -0.15) is 0 Å². The molecule has 0 aliphatic carbocycles. The minimum atomic E-state index is 1.37. The summed E-state index contributed by atoms with van der Waals surface area (Å²) in [4.78, 5) is 4.16. The summed E-state index contributed by atoms with van der Waals surface area (Å²) in [5.74, 6) is 0. The molecule has 0 saturated heterocycles. The summed E-state index contributed by atoms with van der Waals surface area (Å²) in [6.45, 7) is 0. The molecule has 0 radical (unpaired) electrons. The fraction of sp³-hybridized carbons (Fsp3) is 0. The highest BCUT2D eigenvalue weighted by Crippen LogP contribution is 2.46. The molecule has 3 rings (SSSR count). The molecule has 0 unspecified atom stereocenters. The quantitative estimate of drug-likeness (QED) is 0.357. The van der Waals surface area contributed by atoms with Gasteiger partial charge in [0, 0.05) is 18.9 Å². The average Bonchev–Trinajstić information content (AvgIpc) is 3.01. The second kappa shape index (κ2) is 5.28. The molecule has 3 aromatic heterocycles. The van der Waals surface area contributed by atoms with Crippen LogP contribution in [0.1, 0.15) is 0 Å². The van der Waals surface area contributed by atoms with Gasteiger partial charge in [0.15, 0.2) is 0 Å². The molecule has 0 aliphatic heterocycles. The number of rotatable bonds is 2. The molecule has 3 heterocycles. The van der Waals surface area contributed by atoms with Crippen LogP contribution in [-0.2, 0) is 0 Å². The smallest absolute Gasteiger partial charge is 0.0800 e. The topological polar surface area (TPSA) is 0 Å². The summed E-state index contributed by atoms with van der Waals surface area (Å²) < 4.78 is 2.77. The van der Waals surface area contributed by atoms with Crippen LogP contribution in [0.3, 0.4) is 0 Å². The first-order chi connectivity index (χ1) is 8.27. The van der Waals surface area contributed by atoms with Crippen molar-refractivity contribution in [3.8, 4) is 20.2 Å². The van der Waals surface area contributed by atoms with Gasteiger partial charge in [0.25, 0.3) is 0 Å². The minimum Gasteiger partial charge on any atom is -0.144 e. The molecule has 86 valence electrons. The van der Waals surface area contributed by atoms with Crippen LogP contribution in [0.25, 0.3) is 20.2 Å². The predicted molar refractivity (Wildman–Crippen MR) is 96.4 cm³/mol. The molecule has 5 heteroatoms. The lowest BCUT2D eigenvalue weighted by Crippen LogP contribution is -1.76. The fourth-order valence-corrected chi connectivity index (χ4v) is 6.43. The first-order valence-electron chi connectivity index (χ1n) is 4.83. The molecule has 0 fully saturated rings. The van der Waals surface area contributed by atoms with Crippen LogP contribution in [0.2, 0.25) is 0 Å². The van der Waals surface area contributed by atoms with Crippen molar-refractivity contribution in [2.45, 2.75) is 0 Å². The summed E-state index contributed by atoms with van der Waals surface area (Å²) in [7, 11) is 0. The molecule has 0 N–H and O–H groups in total. The van der Waals surface area contributed by atoms with E-state index < -0.39 is 0 Å². The van der Waals surface area contributed by atoms with Gasteiger partial charge in [-0.1, -0.05) is 12.1 Å². The maximum absolute atomic E-state index is 2.47. The van der Waals surface area contributed by atoms with Gasteiger partial charge >= 0.3 is 0 Å². The highest BCUT2D eigenvalue weighted by Gasteiger charge is 2.18. The molecule has 0 saturated carbocycles. The molecule has 0 bridgehead atoms. The van der Waals surface area contributed by atoms with E-state index in [2.05, 4.69) is 80.2 Å². The summed E-state index contributed by atoms with van der Waals surface area (Å²) in [5, 5.41) is 4.29. The lowest BCUT2D eigenvalue weighted by Gasteiger charge is -1.99. The van der Waals surface area contributed by atoms with Gasteiger partial charge in [-0.3, -0.25) is 0 Å². The zero-order chi connectivity index (χ0) is 11.8. The Morgan fingerprint density at radius 2 is 1.53 bits per heavy atom. The standard InChI is InChI=1S/C12H6I2S3/c13-10-9(7-3-1-5-15-7)11(17-12(10)14)8-4-2-6-16-8/h1-6H. The van der Waals surface area contributed by atoms with Gasteiger partial charge in [-0.25, -0.2) is 0 Å². The van der Waals surface area contributed by atoms with Crippen LogP contribution in [0, 0.1) is 6.45 Å². The van der Waals surface area contributed by atoms with Gasteiger partial charge in [0.2, 0.25) is 0 Å². The second-order valence-electron chi connectivity index (χ2n) is 3.35. The van der Waals surface area contributed by atoms with Crippen LogP contribution in [-0.4, -0.2) is 0 Å². The summed E-state index contributed by atoms with van der Waals surface area (Å²) >= 11 is 10.4. The SMILES string of the molecule is Ic1sc(-c2cccs2)c(-c2cccs2)c1I. The predicted octanol–water partition coefficient (Wildman–Crippen LogP) is 6.41. The van der Waals surface area contributed by atoms with E-state index in [1.807, 2.05) is 34.0 Å². The van der Waals surface area contributed by atoms with Crippen molar-refractivity contribution in [3.05, 3.63) is 41.5 Å². The minimum absolute atomic E-state index is 1.37. The van der Waals surface area contributed by atoms with Crippen molar-refractivity contribution in [2.75, 3.05) is 0 Å². The lowest BCUT2D eigenvalue weighted by molar-refractivity contribution is 1.77. The molecule has 3 aromatic rings. The highest BCUT2D eigenvalue weighted by molar-refractivity contribution is 14.1. The molecule has 0 aliphatic rings. The highest BCUT2D eigenvalue weighted by atomic mass is 127. The van der Waals surface area contributed by atoms with Crippen LogP contribution in [0.5, 0.6) is 0 Å². The zero-order valence-corrected chi connectivity index (χ0v) is 15.2. The van der Waals surface area contributed by atoms with E-state index in [-0.39, 0.29) is 0 Å². The van der Waals surface area contributed by atoms with E-state index >= 15 is 0 Å². The normalized spacial score (nSPS) is 10.9. The van der Waals surface area contributed by atoms with E-state index in [9.17, 15) is 0 Å².